The molecule has 0 fully saturated rings. The summed E-state index contributed by atoms with van der Waals surface area (Å²) in [5.41, 5.74) is 2.94. The molecule has 0 saturated carbocycles. The van der Waals surface area contributed by atoms with E-state index in [1.165, 1.54) is 0 Å². The molecule has 27 heavy (non-hydrogen) atoms. The summed E-state index contributed by atoms with van der Waals surface area (Å²) in [6.07, 6.45) is 2.64. The topological polar surface area (TPSA) is 90.2 Å². The molecule has 3 rings (SSSR count). The van der Waals surface area contributed by atoms with E-state index >= 15 is 0 Å². The lowest BCUT2D eigenvalue weighted by Crippen LogP contribution is -2.32. The largest absolute Gasteiger partial charge is 0.481 e. The summed E-state index contributed by atoms with van der Waals surface area (Å²) in [6.45, 7) is 0.820. The van der Waals surface area contributed by atoms with E-state index < -0.39 is 11.9 Å². The molecule has 2 aromatic rings. The summed E-state index contributed by atoms with van der Waals surface area (Å²) >= 11 is 0. The van der Waals surface area contributed by atoms with Crippen LogP contribution in [0.15, 0.2) is 48.5 Å². The van der Waals surface area contributed by atoms with Gasteiger partial charge in [0.15, 0.2) is 0 Å². The monoisotopic (exact) mass is 369 g/mol. The summed E-state index contributed by atoms with van der Waals surface area (Å²) in [5.74, 6) is -3.11. The van der Waals surface area contributed by atoms with E-state index in [4.69, 9.17) is 9.84 Å². The van der Waals surface area contributed by atoms with E-state index in [0.717, 1.165) is 18.5 Å². The van der Waals surface area contributed by atoms with Crippen molar-refractivity contribution in [3.05, 3.63) is 70.8 Å². The number of aliphatic carboxylic acids is 1. The number of aliphatic hydroxyl groups is 2. The van der Waals surface area contributed by atoms with Gasteiger partial charge in [0.25, 0.3) is 0 Å². The first kappa shape index (κ1) is 19.1. The van der Waals surface area contributed by atoms with E-state index in [1.807, 2.05) is 26.2 Å². The minimum Gasteiger partial charge on any atom is -0.481 e. The highest BCUT2D eigenvalue weighted by Gasteiger charge is 2.36. The van der Waals surface area contributed by atoms with Gasteiger partial charge in [-0.3, -0.25) is 4.79 Å². The number of carboxylic acid groups (broad SMARTS) is 1. The highest BCUT2D eigenvalue weighted by molar-refractivity contribution is 5.86. The van der Waals surface area contributed by atoms with Gasteiger partial charge >= 0.3 is 11.9 Å². The number of benzene rings is 2. The van der Waals surface area contributed by atoms with Crippen molar-refractivity contribution in [3.63, 3.8) is 0 Å². The fourth-order valence-electron chi connectivity index (χ4n) is 3.20. The Morgan fingerprint density at radius 2 is 1.89 bits per heavy atom. The van der Waals surface area contributed by atoms with Crippen molar-refractivity contribution in [2.45, 2.75) is 18.8 Å². The Labute approximate surface area is 157 Å². The number of fused-ring (bicyclic) bond motifs is 2. The normalized spacial score (nSPS) is 16.4. The Morgan fingerprint density at radius 1 is 1.15 bits per heavy atom. The molecule has 0 aliphatic carbocycles. The predicted molar refractivity (Wildman–Crippen MR) is 101 cm³/mol. The second-order valence-electron chi connectivity index (χ2n) is 6.87. The van der Waals surface area contributed by atoms with Crippen molar-refractivity contribution < 1.29 is 24.9 Å². The lowest BCUT2D eigenvalue weighted by atomic mass is 9.91. The molecule has 0 radical (unpaired) electrons. The lowest BCUT2D eigenvalue weighted by Gasteiger charge is -2.22. The van der Waals surface area contributed by atoms with Crippen molar-refractivity contribution in [2.24, 2.45) is 0 Å². The molecular weight excluding hydrogens is 346 g/mol. The Morgan fingerprint density at radius 3 is 2.59 bits per heavy atom. The minimum atomic E-state index is -2.48. The van der Waals surface area contributed by atoms with Gasteiger partial charge in [0.2, 0.25) is 0 Å². The maximum atomic E-state index is 11.1. The van der Waals surface area contributed by atoms with Crippen LogP contribution in [0.4, 0.5) is 0 Å². The highest BCUT2D eigenvalue weighted by Crippen LogP contribution is 2.42. The molecule has 0 unspecified atom stereocenters. The first-order valence-electron chi connectivity index (χ1n) is 8.71. The zero-order valence-corrected chi connectivity index (χ0v) is 15.3. The van der Waals surface area contributed by atoms with E-state index in [9.17, 15) is 15.0 Å². The first-order valence-corrected chi connectivity index (χ1v) is 8.71. The quantitative estimate of drug-likeness (QED) is 0.700. The number of nitrogens with zero attached hydrogens (tertiary/aromatic N) is 1. The van der Waals surface area contributed by atoms with Crippen LogP contribution in [0.1, 0.15) is 28.7 Å². The van der Waals surface area contributed by atoms with Crippen LogP contribution in [0.5, 0.6) is 5.75 Å². The Hall–Kier alpha value is -2.67. The fourth-order valence-corrected chi connectivity index (χ4v) is 3.20. The average Bonchev–Trinajstić information content (AvgIpc) is 2.68. The SMILES string of the molecule is CN(C)CCC=C1c2cc(CC(=O)O)ccc2OC(O)(O)c2ccccc21. The van der Waals surface area contributed by atoms with E-state index in [-0.39, 0.29) is 12.0 Å². The number of rotatable bonds is 5. The first-order chi connectivity index (χ1) is 12.8. The molecule has 0 amide bonds. The second kappa shape index (κ2) is 7.52. The van der Waals surface area contributed by atoms with Crippen molar-refractivity contribution in [1.29, 1.82) is 0 Å². The van der Waals surface area contributed by atoms with Crippen LogP contribution >= 0.6 is 0 Å². The number of carbonyl (C=O) groups is 1. The molecule has 0 saturated heterocycles. The molecular formula is C21H23NO5. The van der Waals surface area contributed by atoms with Crippen molar-refractivity contribution in [2.75, 3.05) is 20.6 Å². The fraction of sp³-hybridized carbons (Fsp3) is 0.286. The lowest BCUT2D eigenvalue weighted by molar-refractivity contribution is -0.303. The van der Waals surface area contributed by atoms with Crippen molar-refractivity contribution in [1.82, 2.24) is 4.90 Å². The molecule has 3 N–H and O–H groups in total. The predicted octanol–water partition coefficient (Wildman–Crippen LogP) is 2.18. The van der Waals surface area contributed by atoms with Gasteiger partial charge in [-0.25, -0.2) is 0 Å². The van der Waals surface area contributed by atoms with Gasteiger partial charge < -0.3 is 25.0 Å². The van der Waals surface area contributed by atoms with Gasteiger partial charge in [-0.1, -0.05) is 30.3 Å². The Kier molecular flexibility index (Phi) is 5.32. The van der Waals surface area contributed by atoms with Gasteiger partial charge in [0, 0.05) is 12.1 Å². The Bertz CT molecular complexity index is 886. The second-order valence-corrected chi connectivity index (χ2v) is 6.87. The zero-order chi connectivity index (χ0) is 19.6. The molecule has 0 atom stereocenters. The number of hydrogen-bond donors (Lipinski definition) is 3. The van der Waals surface area contributed by atoms with Crippen LogP contribution in [0.3, 0.4) is 0 Å². The maximum absolute atomic E-state index is 11.1. The summed E-state index contributed by atoms with van der Waals surface area (Å²) in [4.78, 5) is 13.2. The number of ether oxygens (including phenoxy) is 1. The van der Waals surface area contributed by atoms with Gasteiger partial charge in [-0.15, -0.1) is 0 Å². The molecule has 6 nitrogen and oxygen atoms in total. The van der Waals surface area contributed by atoms with E-state index in [2.05, 4.69) is 4.90 Å². The van der Waals surface area contributed by atoms with Crippen LogP contribution in [0.25, 0.3) is 5.57 Å². The molecule has 0 spiro atoms. The third kappa shape index (κ3) is 4.19. The van der Waals surface area contributed by atoms with Gasteiger partial charge in [-0.05, 0) is 55.4 Å². The third-order valence-corrected chi connectivity index (χ3v) is 4.43. The zero-order valence-electron chi connectivity index (χ0n) is 15.3. The molecule has 2 aromatic carbocycles. The highest BCUT2D eigenvalue weighted by atomic mass is 16.8. The minimum absolute atomic E-state index is 0.122. The van der Waals surface area contributed by atoms with Gasteiger partial charge in [-0.2, -0.15) is 0 Å². The van der Waals surface area contributed by atoms with E-state index in [0.29, 0.717) is 22.4 Å². The van der Waals surface area contributed by atoms with E-state index in [1.54, 1.807) is 36.4 Å². The summed E-state index contributed by atoms with van der Waals surface area (Å²) in [7, 11) is 3.96. The van der Waals surface area contributed by atoms with Gasteiger partial charge in [0.1, 0.15) is 5.75 Å². The van der Waals surface area contributed by atoms with Crippen LogP contribution in [0.2, 0.25) is 0 Å². The van der Waals surface area contributed by atoms with Crippen LogP contribution in [-0.4, -0.2) is 46.8 Å². The standard InChI is InChI=1S/C21H23NO5/c1-22(2)11-5-7-15-16-6-3-4-8-18(16)21(25,26)27-19-10-9-14(12-17(15)19)13-20(23)24/h3-4,6-10,12,25-26H,5,11,13H2,1-2H3,(H,23,24). The van der Waals surface area contributed by atoms with Crippen LogP contribution in [-0.2, 0) is 17.2 Å². The van der Waals surface area contributed by atoms with Crippen LogP contribution in [0, 0.1) is 0 Å². The smallest absolute Gasteiger partial charge is 0.351 e. The number of carboxylic acids is 1. The summed E-state index contributed by atoms with van der Waals surface area (Å²) in [6, 6.07) is 11.9. The molecule has 0 bridgehead atoms. The molecule has 1 aliphatic rings. The molecule has 0 aromatic heterocycles. The summed E-state index contributed by atoms with van der Waals surface area (Å²) in [5, 5.41) is 30.1. The molecule has 1 aliphatic heterocycles. The Balaban J connectivity index is 2.18. The summed E-state index contributed by atoms with van der Waals surface area (Å²) < 4.78 is 5.50. The van der Waals surface area contributed by atoms with Crippen molar-refractivity contribution in [3.8, 4) is 5.75 Å². The van der Waals surface area contributed by atoms with Gasteiger partial charge in [0.05, 0.1) is 12.0 Å². The van der Waals surface area contributed by atoms with Crippen LogP contribution < -0.4 is 4.74 Å². The van der Waals surface area contributed by atoms with Crippen molar-refractivity contribution >= 4 is 11.5 Å². The molecule has 1 heterocycles. The number of hydrogen-bond acceptors (Lipinski definition) is 5. The average molecular weight is 369 g/mol. The molecule has 142 valence electrons. The maximum Gasteiger partial charge on any atom is 0.351 e. The molecule has 6 heteroatoms. The third-order valence-electron chi connectivity index (χ3n) is 4.43.